The maximum Gasteiger partial charge on any atom is 0.186 e. The molecule has 0 bridgehead atoms. The molecule has 0 radical (unpaired) electrons. The molecule has 0 saturated carbocycles. The molecule has 0 aromatic heterocycles. The molecule has 1 aliphatic rings. The van der Waals surface area contributed by atoms with E-state index in [2.05, 4.69) is 138 Å². The van der Waals surface area contributed by atoms with Crippen molar-refractivity contribution in [3.63, 3.8) is 0 Å². The fourth-order valence-electron chi connectivity index (χ4n) is 5.92. The summed E-state index contributed by atoms with van der Waals surface area (Å²) in [5, 5.41) is 11.6. The minimum Gasteiger partial charge on any atom is -0.507 e. The molecule has 1 aliphatic carbocycles. The summed E-state index contributed by atoms with van der Waals surface area (Å²) in [4.78, 5) is 13.9. The van der Waals surface area contributed by atoms with Crippen LogP contribution in [0.5, 0.6) is 11.5 Å². The molecule has 4 heteroatoms. The number of hydrogen-bond donors (Lipinski definition) is 1. The van der Waals surface area contributed by atoms with Crippen LogP contribution in [0.2, 0.25) is 0 Å². The number of thioether (sulfide) groups is 1. The van der Waals surface area contributed by atoms with Gasteiger partial charge in [0.05, 0.1) is 6.61 Å². The van der Waals surface area contributed by atoms with Crippen LogP contribution in [-0.2, 0) is 15.6 Å². The van der Waals surface area contributed by atoms with Crippen molar-refractivity contribution in [1.82, 2.24) is 0 Å². The summed E-state index contributed by atoms with van der Waals surface area (Å²) in [5.41, 5.74) is 6.40. The molecular weight excluding hydrogens is 585 g/mol. The van der Waals surface area contributed by atoms with E-state index in [9.17, 15) is 9.90 Å². The third-order valence-corrected chi connectivity index (χ3v) is 9.36. The van der Waals surface area contributed by atoms with Crippen LogP contribution in [0.1, 0.15) is 131 Å². The van der Waals surface area contributed by atoms with E-state index in [1.54, 1.807) is 0 Å². The number of rotatable bonds is 10. The number of unbranched alkanes of at least 4 members (excludes halogenated alkanes) is 3. The van der Waals surface area contributed by atoms with E-state index in [1.807, 2.05) is 11.8 Å². The lowest BCUT2D eigenvalue weighted by atomic mass is 9.70. The van der Waals surface area contributed by atoms with Gasteiger partial charge < -0.3 is 9.84 Å². The fourth-order valence-corrected chi connectivity index (χ4v) is 6.41. The first kappa shape index (κ1) is 37.7. The highest BCUT2D eigenvalue weighted by Crippen LogP contribution is 2.45. The van der Waals surface area contributed by atoms with Gasteiger partial charge in [-0.2, -0.15) is 11.8 Å². The van der Waals surface area contributed by atoms with Crippen LogP contribution in [0, 0.1) is 10.8 Å². The minimum absolute atomic E-state index is 0.122. The molecule has 1 N–H and O–H groups in total. The van der Waals surface area contributed by atoms with Crippen LogP contribution >= 0.6 is 11.8 Å². The fraction of sp³-hybridized carbons (Fsp3) is 0.548. The number of aromatic hydroxyl groups is 1. The smallest absolute Gasteiger partial charge is 0.186 e. The summed E-state index contributed by atoms with van der Waals surface area (Å²) in [6.45, 7) is 26.3. The lowest BCUT2D eigenvalue weighted by Crippen LogP contribution is -2.28. The van der Waals surface area contributed by atoms with Gasteiger partial charge in [0.25, 0.3) is 0 Å². The summed E-state index contributed by atoms with van der Waals surface area (Å²) in [6.07, 6.45) is 11.1. The zero-order valence-corrected chi connectivity index (χ0v) is 31.8. The van der Waals surface area contributed by atoms with Crippen molar-refractivity contribution in [2.24, 2.45) is 10.8 Å². The predicted octanol–water partition coefficient (Wildman–Crippen LogP) is 11.6. The third-order valence-electron chi connectivity index (χ3n) is 8.66. The summed E-state index contributed by atoms with van der Waals surface area (Å²) in [6, 6.07) is 12.7. The molecule has 2 aromatic rings. The molecule has 3 rings (SSSR count). The van der Waals surface area contributed by atoms with Crippen molar-refractivity contribution in [2.45, 2.75) is 120 Å². The second-order valence-corrected chi connectivity index (χ2v) is 18.0. The van der Waals surface area contributed by atoms with Gasteiger partial charge in [-0.25, -0.2) is 0 Å². The molecule has 0 saturated heterocycles. The zero-order valence-electron chi connectivity index (χ0n) is 31.0. The minimum atomic E-state index is -0.326. The standard InChI is InChI=1S/C42H60O3S/c1-39(2,3)32-24-29(25-33(37(32)43)40(4,5)6)36(28-18-20-31(21-19-28)45-22-16-14-15-17-23-46-13)30-26-34(41(7,8)9)38(44)35(27-30)42(10,11)12/h18-21,24-27,43H,14-17,22-23H2,1-13H3. The Kier molecular flexibility index (Phi) is 12.0. The number of ketones is 1. The van der Waals surface area contributed by atoms with Crippen LogP contribution in [-0.4, -0.2) is 29.5 Å². The van der Waals surface area contributed by atoms with E-state index in [0.717, 1.165) is 56.7 Å². The number of carbonyl (C=O) groups excluding carboxylic acids is 1. The number of hydrogen-bond acceptors (Lipinski definition) is 4. The van der Waals surface area contributed by atoms with Crippen LogP contribution < -0.4 is 4.74 Å². The first-order valence-corrected chi connectivity index (χ1v) is 18.4. The number of phenolic OH excluding ortho intramolecular Hbond substituents is 1. The second kappa shape index (κ2) is 14.6. The average molecular weight is 645 g/mol. The molecule has 0 heterocycles. The number of benzene rings is 2. The molecule has 0 unspecified atom stereocenters. The lowest BCUT2D eigenvalue weighted by Gasteiger charge is -2.32. The predicted molar refractivity (Wildman–Crippen MR) is 200 cm³/mol. The van der Waals surface area contributed by atoms with Gasteiger partial charge in [0.15, 0.2) is 5.78 Å². The number of phenols is 1. The van der Waals surface area contributed by atoms with Gasteiger partial charge in [0, 0.05) is 22.3 Å². The van der Waals surface area contributed by atoms with Gasteiger partial charge in [0.1, 0.15) is 11.5 Å². The Balaban J connectivity index is 2.28. The van der Waals surface area contributed by atoms with Crippen molar-refractivity contribution >= 4 is 23.1 Å². The van der Waals surface area contributed by atoms with Gasteiger partial charge in [0.2, 0.25) is 0 Å². The molecular formula is C42H60O3S. The van der Waals surface area contributed by atoms with Crippen LogP contribution in [0.25, 0.3) is 5.57 Å². The highest BCUT2D eigenvalue weighted by Gasteiger charge is 2.35. The van der Waals surface area contributed by atoms with E-state index < -0.39 is 0 Å². The van der Waals surface area contributed by atoms with Crippen molar-refractivity contribution < 1.29 is 14.6 Å². The first-order valence-electron chi connectivity index (χ1n) is 17.0. The zero-order chi connectivity index (χ0) is 34.7. The van der Waals surface area contributed by atoms with Crippen molar-refractivity contribution in [1.29, 1.82) is 0 Å². The van der Waals surface area contributed by atoms with Crippen molar-refractivity contribution in [3.8, 4) is 11.5 Å². The Bertz CT molecular complexity index is 1400. The van der Waals surface area contributed by atoms with Gasteiger partial charge in [-0.3, -0.25) is 4.79 Å². The summed E-state index contributed by atoms with van der Waals surface area (Å²) >= 11 is 1.91. The normalized spacial score (nSPS) is 14.7. The third kappa shape index (κ3) is 9.43. The molecule has 0 aliphatic heterocycles. The first-order chi connectivity index (χ1) is 21.2. The summed E-state index contributed by atoms with van der Waals surface area (Å²) in [7, 11) is 0. The Morgan fingerprint density at radius 3 is 1.59 bits per heavy atom. The highest BCUT2D eigenvalue weighted by atomic mass is 32.2. The largest absolute Gasteiger partial charge is 0.507 e. The van der Waals surface area contributed by atoms with E-state index >= 15 is 0 Å². The van der Waals surface area contributed by atoms with Crippen molar-refractivity contribution in [2.75, 3.05) is 18.6 Å². The monoisotopic (exact) mass is 644 g/mol. The lowest BCUT2D eigenvalue weighted by molar-refractivity contribution is -0.114. The molecule has 3 nitrogen and oxygen atoms in total. The Morgan fingerprint density at radius 2 is 1.15 bits per heavy atom. The molecule has 0 fully saturated rings. The van der Waals surface area contributed by atoms with E-state index in [1.165, 1.54) is 25.0 Å². The van der Waals surface area contributed by atoms with E-state index in [4.69, 9.17) is 4.74 Å². The van der Waals surface area contributed by atoms with Gasteiger partial charge >= 0.3 is 0 Å². The van der Waals surface area contributed by atoms with Crippen LogP contribution in [0.4, 0.5) is 0 Å². The van der Waals surface area contributed by atoms with E-state index in [-0.39, 0.29) is 27.4 Å². The number of Topliss-reactive ketones (excluding diaryl/α,β-unsaturated/α-hetero) is 1. The van der Waals surface area contributed by atoms with E-state index in [0.29, 0.717) is 12.4 Å². The summed E-state index contributed by atoms with van der Waals surface area (Å²) < 4.78 is 6.16. The molecule has 252 valence electrons. The second-order valence-electron chi connectivity index (χ2n) is 17.0. The van der Waals surface area contributed by atoms with Gasteiger partial charge in [-0.05, 0) is 105 Å². The number of carbonyl (C=O) groups is 1. The SMILES string of the molecule is CSCCCCCCOc1ccc(C(=C2C=C(C(C)(C)C)C(=O)C(C(C)(C)C)=C2)c2cc(C(C)(C)C)c(O)c(C(C)(C)C)c2)cc1. The van der Waals surface area contributed by atoms with Crippen LogP contribution in [0.15, 0.2) is 65.3 Å². The van der Waals surface area contributed by atoms with Gasteiger partial charge in [-0.15, -0.1) is 0 Å². The van der Waals surface area contributed by atoms with Crippen molar-refractivity contribution in [3.05, 3.63) is 87.5 Å². The molecule has 46 heavy (non-hydrogen) atoms. The van der Waals surface area contributed by atoms with Crippen LogP contribution in [0.3, 0.4) is 0 Å². The highest BCUT2D eigenvalue weighted by molar-refractivity contribution is 7.98. The molecule has 0 spiro atoms. The molecule has 2 aromatic carbocycles. The Labute approximate surface area is 285 Å². The topological polar surface area (TPSA) is 46.5 Å². The number of ether oxygens (including phenoxy) is 1. The molecule has 0 atom stereocenters. The molecule has 0 amide bonds. The number of allylic oxidation sites excluding steroid dienone is 5. The maximum atomic E-state index is 13.9. The Morgan fingerprint density at radius 1 is 0.674 bits per heavy atom. The summed E-state index contributed by atoms with van der Waals surface area (Å²) in [5.74, 6) is 2.57. The average Bonchev–Trinajstić information content (AvgIpc) is 2.92. The van der Waals surface area contributed by atoms with Gasteiger partial charge in [-0.1, -0.05) is 108 Å². The quantitative estimate of drug-likeness (QED) is 0.261. The Hall–Kier alpha value is -2.72. The maximum absolute atomic E-state index is 13.9.